The fourth-order valence-corrected chi connectivity index (χ4v) is 2.55. The van der Waals surface area contributed by atoms with Gasteiger partial charge in [-0.3, -0.25) is 10.1 Å². The van der Waals surface area contributed by atoms with Gasteiger partial charge >= 0.3 is 11.9 Å². The molecule has 0 radical (unpaired) electrons. The minimum absolute atomic E-state index is 0.139. The minimum atomic E-state index is -0.819. The second-order valence-corrected chi connectivity index (χ2v) is 5.10. The first-order chi connectivity index (χ1) is 11.4. The molecule has 24 heavy (non-hydrogen) atoms. The smallest absolute Gasteiger partial charge is 0.336 e. The van der Waals surface area contributed by atoms with Gasteiger partial charge in [-0.15, -0.1) is 0 Å². The van der Waals surface area contributed by atoms with Gasteiger partial charge in [0.25, 0.3) is 5.69 Å². The van der Waals surface area contributed by atoms with Gasteiger partial charge < -0.3 is 14.4 Å². The number of methoxy groups -OCH3 is 2. The monoisotopic (exact) mass is 332 g/mol. The Kier molecular flexibility index (Phi) is 4.98. The van der Waals surface area contributed by atoms with Crippen molar-refractivity contribution in [2.45, 2.75) is 5.92 Å². The lowest BCUT2D eigenvalue weighted by Gasteiger charge is -2.27. The third-order valence-electron chi connectivity index (χ3n) is 3.56. The summed E-state index contributed by atoms with van der Waals surface area (Å²) >= 11 is 0. The molecule has 126 valence electrons. The molecule has 0 aliphatic carbocycles. The Hall–Kier alpha value is -3.16. The summed E-state index contributed by atoms with van der Waals surface area (Å²) < 4.78 is 9.56. The Morgan fingerprint density at radius 1 is 1.12 bits per heavy atom. The number of nitro benzene ring substituents is 1. The SMILES string of the molecule is COC(=O)C1=CN(C)C=C(C(=O)OC)C1c1cccc([N+](=O)[O-])c1. The second-order valence-electron chi connectivity index (χ2n) is 5.10. The molecule has 0 aromatic heterocycles. The van der Waals surface area contributed by atoms with Gasteiger partial charge in [-0.25, -0.2) is 9.59 Å². The van der Waals surface area contributed by atoms with Crippen molar-refractivity contribution < 1.29 is 24.0 Å². The molecule has 1 aromatic carbocycles. The van der Waals surface area contributed by atoms with Gasteiger partial charge in [0.05, 0.1) is 36.2 Å². The molecule has 0 saturated heterocycles. The number of carbonyl (C=O) groups is 2. The molecule has 0 unspecified atom stereocenters. The van der Waals surface area contributed by atoms with E-state index in [1.165, 1.54) is 49.7 Å². The van der Waals surface area contributed by atoms with Crippen LogP contribution < -0.4 is 0 Å². The molecule has 0 atom stereocenters. The first-order valence-corrected chi connectivity index (χ1v) is 6.95. The highest BCUT2D eigenvalue weighted by molar-refractivity contribution is 5.98. The number of non-ortho nitro benzene ring substituents is 1. The van der Waals surface area contributed by atoms with Crippen LogP contribution in [0.1, 0.15) is 11.5 Å². The van der Waals surface area contributed by atoms with Crippen LogP contribution in [0.25, 0.3) is 0 Å². The zero-order valence-electron chi connectivity index (χ0n) is 13.4. The van der Waals surface area contributed by atoms with Crippen molar-refractivity contribution in [2.24, 2.45) is 0 Å². The average Bonchev–Trinajstić information content (AvgIpc) is 2.59. The highest BCUT2D eigenvalue weighted by atomic mass is 16.6. The molecule has 8 heteroatoms. The number of benzene rings is 1. The number of nitrogens with zero attached hydrogens (tertiary/aromatic N) is 2. The Bertz CT molecular complexity index is 719. The van der Waals surface area contributed by atoms with Gasteiger partial charge in [-0.2, -0.15) is 0 Å². The topological polar surface area (TPSA) is 99.0 Å². The van der Waals surface area contributed by atoms with Gasteiger partial charge in [0.2, 0.25) is 0 Å². The molecule has 8 nitrogen and oxygen atoms in total. The molecule has 0 saturated carbocycles. The predicted molar refractivity (Wildman–Crippen MR) is 83.8 cm³/mol. The van der Waals surface area contributed by atoms with E-state index in [2.05, 4.69) is 0 Å². The molecule has 1 aromatic rings. The van der Waals surface area contributed by atoms with E-state index in [-0.39, 0.29) is 16.8 Å². The number of nitro groups is 1. The van der Waals surface area contributed by atoms with E-state index in [9.17, 15) is 19.7 Å². The summed E-state index contributed by atoms with van der Waals surface area (Å²) in [5.74, 6) is -2.08. The van der Waals surface area contributed by atoms with Crippen LogP contribution in [-0.4, -0.2) is 43.0 Å². The summed E-state index contributed by atoms with van der Waals surface area (Å²) in [6, 6.07) is 5.76. The molecule has 1 aliphatic rings. The number of hydrogen-bond donors (Lipinski definition) is 0. The molecule has 0 N–H and O–H groups in total. The third kappa shape index (κ3) is 3.27. The second kappa shape index (κ2) is 6.95. The molecule has 0 amide bonds. The molecule has 0 fully saturated rings. The highest BCUT2D eigenvalue weighted by Gasteiger charge is 2.35. The molecule has 2 rings (SSSR count). The Balaban J connectivity index is 2.61. The lowest BCUT2D eigenvalue weighted by Crippen LogP contribution is -2.27. The quantitative estimate of drug-likeness (QED) is 0.470. The van der Waals surface area contributed by atoms with E-state index < -0.39 is 22.8 Å². The zero-order valence-corrected chi connectivity index (χ0v) is 13.4. The van der Waals surface area contributed by atoms with Crippen molar-refractivity contribution in [3.8, 4) is 0 Å². The number of rotatable bonds is 4. The zero-order chi connectivity index (χ0) is 17.9. The number of carbonyl (C=O) groups excluding carboxylic acids is 2. The largest absolute Gasteiger partial charge is 0.466 e. The third-order valence-corrected chi connectivity index (χ3v) is 3.56. The van der Waals surface area contributed by atoms with E-state index in [0.29, 0.717) is 5.56 Å². The van der Waals surface area contributed by atoms with Crippen LogP contribution in [-0.2, 0) is 19.1 Å². The Morgan fingerprint density at radius 2 is 1.67 bits per heavy atom. The van der Waals surface area contributed by atoms with Crippen LogP contribution in [0.2, 0.25) is 0 Å². The van der Waals surface area contributed by atoms with E-state index in [1.54, 1.807) is 13.1 Å². The Morgan fingerprint density at radius 3 is 2.12 bits per heavy atom. The molecule has 0 bridgehead atoms. The minimum Gasteiger partial charge on any atom is -0.466 e. The van der Waals surface area contributed by atoms with Crippen LogP contribution in [0.15, 0.2) is 47.8 Å². The van der Waals surface area contributed by atoms with Crippen LogP contribution >= 0.6 is 0 Å². The van der Waals surface area contributed by atoms with Crippen LogP contribution in [0.3, 0.4) is 0 Å². The number of hydrogen-bond acceptors (Lipinski definition) is 7. The van der Waals surface area contributed by atoms with E-state index in [0.717, 1.165) is 0 Å². The lowest BCUT2D eigenvalue weighted by atomic mass is 9.83. The molecule has 1 aliphatic heterocycles. The maximum absolute atomic E-state index is 12.1. The summed E-state index contributed by atoms with van der Waals surface area (Å²) in [6.07, 6.45) is 3.03. The summed E-state index contributed by atoms with van der Waals surface area (Å²) in [5, 5.41) is 11.0. The van der Waals surface area contributed by atoms with Crippen molar-refractivity contribution in [1.29, 1.82) is 0 Å². The van der Waals surface area contributed by atoms with Gasteiger partial charge in [-0.05, 0) is 5.56 Å². The normalized spacial score (nSPS) is 14.5. The van der Waals surface area contributed by atoms with Crippen LogP contribution in [0, 0.1) is 10.1 Å². The lowest BCUT2D eigenvalue weighted by molar-refractivity contribution is -0.384. The van der Waals surface area contributed by atoms with Gasteiger partial charge in [-0.1, -0.05) is 12.1 Å². The van der Waals surface area contributed by atoms with Gasteiger partial charge in [0.15, 0.2) is 0 Å². The van der Waals surface area contributed by atoms with Crippen LogP contribution in [0.5, 0.6) is 0 Å². The first kappa shape index (κ1) is 17.2. The van der Waals surface area contributed by atoms with E-state index >= 15 is 0 Å². The molecular formula is C16H16N2O6. The summed E-state index contributed by atoms with van der Waals surface area (Å²) in [5.41, 5.74) is 0.650. The number of ether oxygens (including phenoxy) is 2. The summed E-state index contributed by atoms with van der Waals surface area (Å²) in [4.78, 5) is 36.3. The number of esters is 2. The predicted octanol–water partition coefficient (Wildman–Crippen LogP) is 1.74. The first-order valence-electron chi connectivity index (χ1n) is 6.95. The standard InChI is InChI=1S/C16H16N2O6/c1-17-8-12(15(19)23-2)14(13(9-17)16(20)24-3)10-5-4-6-11(7-10)18(21)22/h4-9,14H,1-3H3. The summed E-state index contributed by atoms with van der Waals surface area (Å²) in [7, 11) is 4.10. The maximum Gasteiger partial charge on any atom is 0.336 e. The summed E-state index contributed by atoms with van der Waals surface area (Å²) in [6.45, 7) is 0. The molecule has 0 spiro atoms. The van der Waals surface area contributed by atoms with Crippen molar-refractivity contribution >= 4 is 17.6 Å². The Labute approximate surface area is 138 Å². The fourth-order valence-electron chi connectivity index (χ4n) is 2.55. The average molecular weight is 332 g/mol. The van der Waals surface area contributed by atoms with E-state index in [1.807, 2.05) is 0 Å². The highest BCUT2D eigenvalue weighted by Crippen LogP contribution is 2.37. The van der Waals surface area contributed by atoms with Gasteiger partial charge in [0, 0.05) is 31.6 Å². The van der Waals surface area contributed by atoms with Crippen molar-refractivity contribution in [3.05, 3.63) is 63.5 Å². The van der Waals surface area contributed by atoms with Crippen LogP contribution in [0.4, 0.5) is 5.69 Å². The van der Waals surface area contributed by atoms with E-state index in [4.69, 9.17) is 9.47 Å². The van der Waals surface area contributed by atoms with Crippen molar-refractivity contribution in [3.63, 3.8) is 0 Å². The molecular weight excluding hydrogens is 316 g/mol. The maximum atomic E-state index is 12.1. The molecule has 1 heterocycles. The van der Waals surface area contributed by atoms with Crippen molar-refractivity contribution in [1.82, 2.24) is 4.90 Å². The fraction of sp³-hybridized carbons (Fsp3) is 0.250. The van der Waals surface area contributed by atoms with Gasteiger partial charge in [0.1, 0.15) is 0 Å². The van der Waals surface area contributed by atoms with Crippen molar-refractivity contribution in [2.75, 3.05) is 21.3 Å².